The molecule has 1 aliphatic heterocycles. The van der Waals surface area contributed by atoms with Crippen molar-refractivity contribution in [1.29, 1.82) is 0 Å². The summed E-state index contributed by atoms with van der Waals surface area (Å²) < 4.78 is 32.4. The Morgan fingerprint density at radius 1 is 1.36 bits per heavy atom. The van der Waals surface area contributed by atoms with Gasteiger partial charge in [-0.05, 0) is 42.5 Å². The van der Waals surface area contributed by atoms with Crippen molar-refractivity contribution in [3.05, 3.63) is 47.3 Å². The molecule has 1 N–H and O–H groups in total. The highest BCUT2D eigenvalue weighted by molar-refractivity contribution is 7.91. The van der Waals surface area contributed by atoms with Crippen LogP contribution in [0.1, 0.15) is 23.2 Å². The summed E-state index contributed by atoms with van der Waals surface area (Å²) in [4.78, 5) is 12.3. The highest BCUT2D eigenvalue weighted by atomic mass is 32.2. The topological polar surface area (TPSA) is 75.7 Å². The van der Waals surface area contributed by atoms with Crippen LogP contribution in [0.3, 0.4) is 0 Å². The van der Waals surface area contributed by atoms with Crippen molar-refractivity contribution in [3.63, 3.8) is 0 Å². The van der Waals surface area contributed by atoms with Crippen LogP contribution in [0.15, 0.2) is 46.0 Å². The van der Waals surface area contributed by atoms with Gasteiger partial charge in [0.05, 0.1) is 7.11 Å². The van der Waals surface area contributed by atoms with Crippen molar-refractivity contribution < 1.29 is 17.9 Å². The Kier molecular flexibility index (Phi) is 5.41. The molecular formula is C17H20N2O4S2. The van der Waals surface area contributed by atoms with Gasteiger partial charge in [0, 0.05) is 24.7 Å². The molecule has 134 valence electrons. The van der Waals surface area contributed by atoms with Crippen LogP contribution >= 0.6 is 11.3 Å². The first-order valence-corrected chi connectivity index (χ1v) is 10.3. The van der Waals surface area contributed by atoms with Crippen molar-refractivity contribution in [1.82, 2.24) is 9.62 Å². The third-order valence-corrected chi connectivity index (χ3v) is 7.54. The SMILES string of the molecule is COc1cccc(C(=O)NC[C@@H]2CCCN2S(=O)(=O)c2cccs2)c1. The fourth-order valence-electron chi connectivity index (χ4n) is 2.93. The summed E-state index contributed by atoms with van der Waals surface area (Å²) in [7, 11) is -1.94. The van der Waals surface area contributed by atoms with Gasteiger partial charge in [-0.2, -0.15) is 4.31 Å². The van der Waals surface area contributed by atoms with Gasteiger partial charge in [-0.25, -0.2) is 8.42 Å². The second-order valence-electron chi connectivity index (χ2n) is 5.79. The van der Waals surface area contributed by atoms with Gasteiger partial charge in [0.25, 0.3) is 15.9 Å². The number of nitrogens with zero attached hydrogens (tertiary/aromatic N) is 1. The molecule has 2 heterocycles. The fourth-order valence-corrected chi connectivity index (χ4v) is 5.74. The molecular weight excluding hydrogens is 360 g/mol. The molecule has 25 heavy (non-hydrogen) atoms. The van der Waals surface area contributed by atoms with E-state index in [-0.39, 0.29) is 11.9 Å². The number of rotatable bonds is 6. The Labute approximate surface area is 151 Å². The van der Waals surface area contributed by atoms with E-state index in [1.54, 1.807) is 48.9 Å². The third-order valence-electron chi connectivity index (χ3n) is 4.21. The predicted molar refractivity (Wildman–Crippen MR) is 96.6 cm³/mol. The number of nitrogens with one attached hydrogen (secondary N) is 1. The first-order valence-electron chi connectivity index (χ1n) is 8.00. The molecule has 6 nitrogen and oxygen atoms in total. The van der Waals surface area contributed by atoms with Gasteiger partial charge in [0.1, 0.15) is 9.96 Å². The minimum atomic E-state index is -3.49. The molecule has 1 aromatic carbocycles. The number of amides is 1. The zero-order chi connectivity index (χ0) is 17.9. The first-order chi connectivity index (χ1) is 12.0. The zero-order valence-electron chi connectivity index (χ0n) is 13.8. The van der Waals surface area contributed by atoms with E-state index in [0.29, 0.717) is 28.6 Å². The van der Waals surface area contributed by atoms with Crippen molar-refractivity contribution in [2.75, 3.05) is 20.2 Å². The molecule has 0 bridgehead atoms. The van der Waals surface area contributed by atoms with Crippen LogP contribution in [0.25, 0.3) is 0 Å². The van der Waals surface area contributed by atoms with Crippen LogP contribution in [0.5, 0.6) is 5.75 Å². The van der Waals surface area contributed by atoms with Crippen molar-refractivity contribution >= 4 is 27.3 Å². The number of hydrogen-bond acceptors (Lipinski definition) is 5. The van der Waals surface area contributed by atoms with Crippen LogP contribution in [0, 0.1) is 0 Å². The van der Waals surface area contributed by atoms with E-state index in [1.807, 2.05) is 0 Å². The maximum atomic E-state index is 12.7. The molecule has 0 aliphatic carbocycles. The Balaban J connectivity index is 1.67. The van der Waals surface area contributed by atoms with Gasteiger partial charge in [0.15, 0.2) is 0 Å². The molecule has 0 spiro atoms. The lowest BCUT2D eigenvalue weighted by Gasteiger charge is -2.23. The molecule has 1 aliphatic rings. The number of sulfonamides is 1. The number of benzene rings is 1. The number of methoxy groups -OCH3 is 1. The van der Waals surface area contributed by atoms with Crippen molar-refractivity contribution in [2.24, 2.45) is 0 Å². The Hall–Kier alpha value is -1.90. The second kappa shape index (κ2) is 7.55. The average Bonchev–Trinajstić information content (AvgIpc) is 3.31. The summed E-state index contributed by atoms with van der Waals surface area (Å²) in [6, 6.07) is 10.00. The fraction of sp³-hybridized carbons (Fsp3) is 0.353. The van der Waals surface area contributed by atoms with E-state index < -0.39 is 10.0 Å². The maximum Gasteiger partial charge on any atom is 0.252 e. The molecule has 1 saturated heterocycles. The number of carbonyl (C=O) groups excluding carboxylic acids is 1. The molecule has 1 atom stereocenters. The van der Waals surface area contributed by atoms with Crippen LogP contribution in [-0.4, -0.2) is 44.9 Å². The maximum absolute atomic E-state index is 12.7. The van der Waals surface area contributed by atoms with Gasteiger partial charge in [-0.15, -0.1) is 11.3 Å². The highest BCUT2D eigenvalue weighted by Crippen LogP contribution is 2.28. The summed E-state index contributed by atoms with van der Waals surface area (Å²) in [5.74, 6) is 0.370. The molecule has 2 aromatic rings. The molecule has 3 rings (SSSR count). The Morgan fingerprint density at radius 3 is 2.92 bits per heavy atom. The predicted octanol–water partition coefficient (Wildman–Crippen LogP) is 2.34. The van der Waals surface area contributed by atoms with Gasteiger partial charge in [0.2, 0.25) is 0 Å². The van der Waals surface area contributed by atoms with Gasteiger partial charge >= 0.3 is 0 Å². The number of carbonyl (C=O) groups is 1. The standard InChI is InChI=1S/C17H20N2O4S2/c1-23-15-7-2-5-13(11-15)17(20)18-12-14-6-3-9-19(14)25(21,22)16-8-4-10-24-16/h2,4-5,7-8,10-11,14H,3,6,9,12H2,1H3,(H,18,20)/t14-/m0/s1. The lowest BCUT2D eigenvalue weighted by atomic mass is 10.2. The van der Waals surface area contributed by atoms with E-state index in [9.17, 15) is 13.2 Å². The number of hydrogen-bond donors (Lipinski definition) is 1. The van der Waals surface area contributed by atoms with Crippen LogP contribution in [0.4, 0.5) is 0 Å². The van der Waals surface area contributed by atoms with E-state index in [4.69, 9.17) is 4.74 Å². The molecule has 1 amide bonds. The summed E-state index contributed by atoms with van der Waals surface area (Å²) in [6.07, 6.45) is 1.54. The van der Waals surface area contributed by atoms with Gasteiger partial charge in [-0.3, -0.25) is 4.79 Å². The smallest absolute Gasteiger partial charge is 0.252 e. The molecule has 1 fully saturated rings. The second-order valence-corrected chi connectivity index (χ2v) is 8.85. The van der Waals surface area contributed by atoms with E-state index in [1.165, 1.54) is 15.6 Å². The zero-order valence-corrected chi connectivity index (χ0v) is 15.5. The van der Waals surface area contributed by atoms with E-state index in [0.717, 1.165) is 12.8 Å². The Morgan fingerprint density at radius 2 is 2.20 bits per heavy atom. The summed E-state index contributed by atoms with van der Waals surface area (Å²) in [5, 5.41) is 4.59. The number of thiophene rings is 1. The minimum Gasteiger partial charge on any atom is -0.497 e. The summed E-state index contributed by atoms with van der Waals surface area (Å²) >= 11 is 1.21. The molecule has 8 heteroatoms. The largest absolute Gasteiger partial charge is 0.497 e. The normalized spacial score (nSPS) is 18.2. The molecule has 0 unspecified atom stereocenters. The lowest BCUT2D eigenvalue weighted by molar-refractivity contribution is 0.0946. The van der Waals surface area contributed by atoms with E-state index in [2.05, 4.69) is 5.32 Å². The minimum absolute atomic E-state index is 0.221. The molecule has 1 aromatic heterocycles. The Bertz CT molecular complexity index is 834. The molecule has 0 saturated carbocycles. The van der Waals surface area contributed by atoms with Crippen molar-refractivity contribution in [3.8, 4) is 5.75 Å². The van der Waals surface area contributed by atoms with Crippen LogP contribution < -0.4 is 10.1 Å². The summed E-state index contributed by atoms with van der Waals surface area (Å²) in [6.45, 7) is 0.778. The van der Waals surface area contributed by atoms with Gasteiger partial charge < -0.3 is 10.1 Å². The quantitative estimate of drug-likeness (QED) is 0.835. The number of ether oxygens (including phenoxy) is 1. The molecule has 0 radical (unpaired) electrons. The van der Waals surface area contributed by atoms with Crippen LogP contribution in [-0.2, 0) is 10.0 Å². The van der Waals surface area contributed by atoms with Crippen molar-refractivity contribution in [2.45, 2.75) is 23.1 Å². The average molecular weight is 380 g/mol. The van der Waals surface area contributed by atoms with E-state index >= 15 is 0 Å². The first kappa shape index (κ1) is 17.9. The lowest BCUT2D eigenvalue weighted by Crippen LogP contribution is -2.42. The highest BCUT2D eigenvalue weighted by Gasteiger charge is 2.35. The third kappa shape index (κ3) is 3.86. The van der Waals surface area contributed by atoms with Gasteiger partial charge in [-0.1, -0.05) is 12.1 Å². The summed E-state index contributed by atoms with van der Waals surface area (Å²) in [5.41, 5.74) is 0.491. The van der Waals surface area contributed by atoms with Crippen LogP contribution in [0.2, 0.25) is 0 Å². The monoisotopic (exact) mass is 380 g/mol.